The van der Waals surface area contributed by atoms with Crippen LogP contribution in [0.15, 0.2) is 28.9 Å². The second-order valence-corrected chi connectivity index (χ2v) is 8.48. The molecule has 0 saturated carbocycles. The van der Waals surface area contributed by atoms with Crippen molar-refractivity contribution in [2.45, 2.75) is 32.4 Å². The summed E-state index contributed by atoms with van der Waals surface area (Å²) in [6.45, 7) is 4.04. The number of pyridine rings is 1. The Bertz CT molecular complexity index is 841. The van der Waals surface area contributed by atoms with Crippen molar-refractivity contribution in [2.24, 2.45) is 5.41 Å². The van der Waals surface area contributed by atoms with Gasteiger partial charge in [-0.1, -0.05) is 15.9 Å². The van der Waals surface area contributed by atoms with Crippen LogP contribution in [0.1, 0.15) is 32.3 Å². The topological polar surface area (TPSA) is 86.4 Å². The summed E-state index contributed by atoms with van der Waals surface area (Å²) >= 11 is 3.04. The first kappa shape index (κ1) is 20.9. The normalized spacial score (nSPS) is 12.4. The molecule has 1 aromatic carbocycles. The number of benzene rings is 1. The number of fused-ring (bicyclic) bond motifs is 1. The van der Waals surface area contributed by atoms with E-state index in [1.54, 1.807) is 0 Å². The first-order valence-corrected chi connectivity index (χ1v) is 9.80. The minimum absolute atomic E-state index is 0.0693. The second kappa shape index (κ2) is 8.10. The molecule has 0 aliphatic heterocycles. The molecule has 1 aromatic heterocycles. The van der Waals surface area contributed by atoms with Crippen LogP contribution in [0.3, 0.4) is 0 Å². The lowest BCUT2D eigenvalue weighted by Gasteiger charge is -2.19. The van der Waals surface area contributed by atoms with Crippen molar-refractivity contribution < 1.29 is 23.3 Å². The van der Waals surface area contributed by atoms with Crippen molar-refractivity contribution >= 4 is 35.1 Å². The Hall–Kier alpha value is -1.39. The molecule has 0 radical (unpaired) electrons. The summed E-state index contributed by atoms with van der Waals surface area (Å²) in [6.07, 6.45) is 2.82. The van der Waals surface area contributed by atoms with Crippen LogP contribution in [0.25, 0.3) is 10.8 Å². The molecule has 2 N–H and O–H groups in total. The van der Waals surface area contributed by atoms with Gasteiger partial charge in [-0.05, 0) is 44.2 Å². The van der Waals surface area contributed by atoms with Gasteiger partial charge < -0.3 is 14.5 Å². The predicted molar refractivity (Wildman–Crippen MR) is 98.8 cm³/mol. The number of ether oxygens (including phenoxy) is 1. The van der Waals surface area contributed by atoms with E-state index in [0.29, 0.717) is 30.2 Å². The van der Waals surface area contributed by atoms with Crippen LogP contribution in [-0.4, -0.2) is 21.4 Å². The summed E-state index contributed by atoms with van der Waals surface area (Å²) in [4.78, 5) is 22.1. The molecule has 2 rings (SSSR count). The van der Waals surface area contributed by atoms with E-state index < -0.39 is 25.0 Å². The van der Waals surface area contributed by atoms with Crippen LogP contribution in [0, 0.1) is 16.7 Å². The molecule has 0 amide bonds. The predicted octanol–water partition coefficient (Wildman–Crippen LogP) is 5.05. The second-order valence-electron chi connectivity index (χ2n) is 6.48. The number of alkyl halides is 2. The summed E-state index contributed by atoms with van der Waals surface area (Å²) in [7, 11) is -3.46. The third-order valence-electron chi connectivity index (χ3n) is 3.86. The van der Waals surface area contributed by atoms with Gasteiger partial charge in [-0.2, -0.15) is 14.0 Å². The van der Waals surface area contributed by atoms with Gasteiger partial charge in [-0.3, -0.25) is 0 Å². The molecular weight excluding hydrogens is 429 g/mol. The van der Waals surface area contributed by atoms with Gasteiger partial charge in [-0.15, -0.1) is 0 Å². The molecule has 140 valence electrons. The van der Waals surface area contributed by atoms with Crippen LogP contribution in [-0.2, 0) is 5.66 Å². The lowest BCUT2D eigenvalue weighted by molar-refractivity contribution is 0.0726. The molecule has 9 heteroatoms. The van der Waals surface area contributed by atoms with E-state index >= 15 is 0 Å². The number of halogens is 3. The molecule has 2 aromatic rings. The minimum atomic E-state index is -3.75. The summed E-state index contributed by atoms with van der Waals surface area (Å²) in [5, 5.41) is 10.0. The number of rotatable bonds is 7. The van der Waals surface area contributed by atoms with Gasteiger partial charge in [-0.25, -0.2) is 4.98 Å². The summed E-state index contributed by atoms with van der Waals surface area (Å²) in [5.41, 5.74) is -4.69. The molecule has 0 aliphatic carbocycles. The zero-order valence-corrected chi connectivity index (χ0v) is 16.7. The van der Waals surface area contributed by atoms with Crippen LogP contribution in [0.4, 0.5) is 8.78 Å². The summed E-state index contributed by atoms with van der Waals surface area (Å²) in [5.74, 6) is 0.277. The Balaban J connectivity index is 2.19. The van der Waals surface area contributed by atoms with Gasteiger partial charge in [0.25, 0.3) is 0 Å². The number of hydrogen-bond donors (Lipinski definition) is 2. The molecule has 0 saturated heterocycles. The molecule has 0 spiro atoms. The van der Waals surface area contributed by atoms with Crippen molar-refractivity contribution in [3.05, 3.63) is 34.4 Å². The lowest BCUT2D eigenvalue weighted by atomic mass is 9.90. The maximum absolute atomic E-state index is 14.0. The average Bonchev–Trinajstić information content (AvgIpc) is 2.58. The molecule has 5 nitrogen and oxygen atoms in total. The quantitative estimate of drug-likeness (QED) is 0.458. The van der Waals surface area contributed by atoms with Crippen LogP contribution in [0.2, 0.25) is 0 Å². The molecule has 0 atom stereocenters. The van der Waals surface area contributed by atoms with Gasteiger partial charge in [0.05, 0.1) is 18.1 Å². The van der Waals surface area contributed by atoms with Crippen LogP contribution in [0.5, 0.6) is 5.88 Å². The third-order valence-corrected chi connectivity index (χ3v) is 5.26. The van der Waals surface area contributed by atoms with Gasteiger partial charge >= 0.3 is 5.66 Å². The fourth-order valence-electron chi connectivity index (χ4n) is 2.31. The first-order chi connectivity index (χ1) is 12.1. The zero-order chi connectivity index (χ0) is 19.5. The molecule has 26 heavy (non-hydrogen) atoms. The number of aromatic nitrogens is 1. The van der Waals surface area contributed by atoms with E-state index in [0.717, 1.165) is 0 Å². The van der Waals surface area contributed by atoms with E-state index in [1.807, 2.05) is 13.8 Å². The molecular formula is C17H18BrF2N2O3P. The molecule has 0 bridgehead atoms. The monoisotopic (exact) mass is 446 g/mol. The van der Waals surface area contributed by atoms with Crippen molar-refractivity contribution in [2.75, 3.05) is 6.61 Å². The van der Waals surface area contributed by atoms with Gasteiger partial charge in [0.1, 0.15) is 0 Å². The van der Waals surface area contributed by atoms with Crippen molar-refractivity contribution in [1.29, 1.82) is 5.26 Å². The highest BCUT2D eigenvalue weighted by atomic mass is 79.9. The fraction of sp³-hybridized carbons (Fsp3) is 0.412. The summed E-state index contributed by atoms with van der Waals surface area (Å²) < 4.78 is 33.6. The zero-order valence-electron chi connectivity index (χ0n) is 14.2. The van der Waals surface area contributed by atoms with E-state index in [4.69, 9.17) is 19.8 Å². The Kier molecular flexibility index (Phi) is 6.51. The largest absolute Gasteiger partial charge is 0.478 e. The average molecular weight is 447 g/mol. The van der Waals surface area contributed by atoms with Crippen LogP contribution >= 0.6 is 24.3 Å². The maximum atomic E-state index is 14.0. The minimum Gasteiger partial charge on any atom is -0.478 e. The highest BCUT2D eigenvalue weighted by molar-refractivity contribution is 9.10. The number of hydrogen-bond acceptors (Lipinski definition) is 5. The van der Waals surface area contributed by atoms with Gasteiger partial charge in [0.15, 0.2) is 0 Å². The Labute approximate surface area is 159 Å². The molecule has 1 heterocycles. The standard InChI is InChI=1S/C17H18BrF2N2O3P/c1-16(2,10-21)4-3-5-25-15-8-11-6-13(17(19,20)26(23)24)14(18)7-12(11)9-22-15/h6-9,23-24H,3-5H2,1-2H3. The van der Waals surface area contributed by atoms with E-state index in [1.165, 1.54) is 24.4 Å². The Morgan fingerprint density at radius 2 is 1.96 bits per heavy atom. The van der Waals surface area contributed by atoms with Crippen molar-refractivity contribution in [1.82, 2.24) is 4.98 Å². The van der Waals surface area contributed by atoms with E-state index in [9.17, 15) is 8.78 Å². The third kappa shape index (κ3) is 4.86. The van der Waals surface area contributed by atoms with E-state index in [2.05, 4.69) is 27.0 Å². The van der Waals surface area contributed by atoms with Gasteiger partial charge in [0.2, 0.25) is 14.3 Å². The lowest BCUT2D eigenvalue weighted by Crippen LogP contribution is -2.11. The van der Waals surface area contributed by atoms with Crippen molar-refractivity contribution in [3.63, 3.8) is 0 Å². The van der Waals surface area contributed by atoms with Gasteiger partial charge in [0, 0.05) is 27.7 Å². The Morgan fingerprint density at radius 1 is 1.27 bits per heavy atom. The first-order valence-electron chi connectivity index (χ1n) is 7.76. The molecule has 0 unspecified atom stereocenters. The summed E-state index contributed by atoms with van der Waals surface area (Å²) in [6, 6.07) is 6.37. The van der Waals surface area contributed by atoms with E-state index in [-0.39, 0.29) is 10.4 Å². The Morgan fingerprint density at radius 3 is 2.58 bits per heavy atom. The smallest absolute Gasteiger partial charge is 0.340 e. The number of nitrogens with zero attached hydrogens (tertiary/aromatic N) is 2. The molecule has 0 fully saturated rings. The molecule has 0 aliphatic rings. The highest BCUT2D eigenvalue weighted by Gasteiger charge is 2.42. The highest BCUT2D eigenvalue weighted by Crippen LogP contribution is 2.54. The van der Waals surface area contributed by atoms with Crippen LogP contribution < -0.4 is 4.74 Å². The fourth-order valence-corrected chi connectivity index (χ4v) is 3.47. The number of nitriles is 1. The maximum Gasteiger partial charge on any atom is 0.340 e. The SMILES string of the molecule is CC(C)(C#N)CCCOc1cc2cc(C(F)(F)P(O)O)c(Br)cc2cn1. The van der Waals surface area contributed by atoms with Crippen molar-refractivity contribution in [3.8, 4) is 11.9 Å².